The second kappa shape index (κ2) is 7.94. The molecule has 1 amide bonds. The lowest BCUT2D eigenvalue weighted by atomic mass is 10.1. The quantitative estimate of drug-likeness (QED) is 0.690. The third kappa shape index (κ3) is 4.45. The van der Waals surface area contributed by atoms with E-state index < -0.39 is 11.9 Å². The molecule has 0 spiro atoms. The van der Waals surface area contributed by atoms with Crippen LogP contribution < -0.4 is 10.5 Å². The maximum absolute atomic E-state index is 12.1. The minimum atomic E-state index is -0.526. The summed E-state index contributed by atoms with van der Waals surface area (Å²) in [5, 5.41) is 0. The third-order valence-corrected chi connectivity index (χ3v) is 3.54. The average molecular weight is 348 g/mol. The van der Waals surface area contributed by atoms with Crippen molar-refractivity contribution in [3.05, 3.63) is 89.7 Å². The van der Waals surface area contributed by atoms with Gasteiger partial charge in [-0.05, 0) is 54.1 Å². The Bertz CT molecular complexity index is 909. The molecule has 0 fully saturated rings. The number of hydrogen-bond donors (Lipinski definition) is 1. The summed E-state index contributed by atoms with van der Waals surface area (Å²) < 4.78 is 10.9. The lowest BCUT2D eigenvalue weighted by Crippen LogP contribution is -2.11. The Hall–Kier alpha value is -3.67. The lowest BCUT2D eigenvalue weighted by molar-refractivity contribution is 0.0472. The molecule has 0 radical (unpaired) electrons. The van der Waals surface area contributed by atoms with Crippen LogP contribution in [0, 0.1) is 0 Å². The lowest BCUT2D eigenvalue weighted by Gasteiger charge is -2.08. The molecule has 26 heavy (non-hydrogen) atoms. The van der Waals surface area contributed by atoms with Crippen LogP contribution in [0.3, 0.4) is 0 Å². The summed E-state index contributed by atoms with van der Waals surface area (Å²) >= 11 is 0. The number of carbonyl (C=O) groups excluding carboxylic acids is 2. The Labute approximate surface area is 150 Å². The molecule has 0 saturated heterocycles. The number of pyridine rings is 1. The number of benzene rings is 2. The van der Waals surface area contributed by atoms with E-state index >= 15 is 0 Å². The summed E-state index contributed by atoms with van der Waals surface area (Å²) in [4.78, 5) is 27.3. The number of nitrogens with two attached hydrogens (primary N) is 1. The summed E-state index contributed by atoms with van der Waals surface area (Å²) in [6.07, 6.45) is 3.26. The van der Waals surface area contributed by atoms with Crippen molar-refractivity contribution in [3.8, 4) is 11.5 Å². The maximum atomic E-state index is 12.1. The van der Waals surface area contributed by atoms with E-state index in [4.69, 9.17) is 15.2 Å². The first-order valence-electron chi connectivity index (χ1n) is 7.85. The minimum Gasteiger partial charge on any atom is -0.457 e. The number of primary amides is 1. The SMILES string of the molecule is NC(=O)c1cccc(COC(=O)c2ccc(Oc3cccnc3)cc2)c1. The van der Waals surface area contributed by atoms with Crippen LogP contribution in [0.1, 0.15) is 26.3 Å². The van der Waals surface area contributed by atoms with E-state index in [1.54, 1.807) is 73.1 Å². The van der Waals surface area contributed by atoms with Crippen LogP contribution >= 0.6 is 0 Å². The Morgan fingerprint density at radius 2 is 1.73 bits per heavy atom. The van der Waals surface area contributed by atoms with Gasteiger partial charge in [0.05, 0.1) is 11.8 Å². The van der Waals surface area contributed by atoms with E-state index in [0.29, 0.717) is 28.2 Å². The zero-order chi connectivity index (χ0) is 18.4. The van der Waals surface area contributed by atoms with Crippen molar-refractivity contribution in [2.45, 2.75) is 6.61 Å². The molecule has 6 nitrogen and oxygen atoms in total. The molecule has 1 heterocycles. The molecule has 3 aromatic rings. The molecule has 0 aliphatic carbocycles. The highest BCUT2D eigenvalue weighted by atomic mass is 16.5. The number of rotatable bonds is 6. The predicted molar refractivity (Wildman–Crippen MR) is 94.8 cm³/mol. The molecular formula is C20H16N2O4. The topological polar surface area (TPSA) is 91.5 Å². The molecule has 0 saturated carbocycles. The Morgan fingerprint density at radius 3 is 2.42 bits per heavy atom. The fourth-order valence-corrected chi connectivity index (χ4v) is 2.25. The largest absolute Gasteiger partial charge is 0.457 e. The monoisotopic (exact) mass is 348 g/mol. The van der Waals surface area contributed by atoms with Gasteiger partial charge in [-0.25, -0.2) is 4.79 Å². The van der Waals surface area contributed by atoms with Crippen LogP contribution in [-0.2, 0) is 11.3 Å². The first-order valence-corrected chi connectivity index (χ1v) is 7.85. The highest BCUT2D eigenvalue weighted by molar-refractivity contribution is 5.93. The van der Waals surface area contributed by atoms with Crippen molar-refractivity contribution >= 4 is 11.9 Å². The van der Waals surface area contributed by atoms with Crippen molar-refractivity contribution in [2.75, 3.05) is 0 Å². The second-order valence-corrected chi connectivity index (χ2v) is 5.46. The van der Waals surface area contributed by atoms with Gasteiger partial charge in [-0.1, -0.05) is 12.1 Å². The summed E-state index contributed by atoms with van der Waals surface area (Å²) in [6, 6.07) is 16.8. The van der Waals surface area contributed by atoms with Gasteiger partial charge in [0.15, 0.2) is 0 Å². The van der Waals surface area contributed by atoms with Crippen molar-refractivity contribution in [1.29, 1.82) is 0 Å². The number of ether oxygens (including phenoxy) is 2. The standard InChI is InChI=1S/C20H16N2O4/c21-19(23)16-4-1-3-14(11-16)13-25-20(24)15-6-8-17(9-7-15)26-18-5-2-10-22-12-18/h1-12H,13H2,(H2,21,23). The smallest absolute Gasteiger partial charge is 0.338 e. The highest BCUT2D eigenvalue weighted by Gasteiger charge is 2.09. The molecule has 0 aliphatic heterocycles. The number of hydrogen-bond acceptors (Lipinski definition) is 5. The second-order valence-electron chi connectivity index (χ2n) is 5.46. The van der Waals surface area contributed by atoms with Crippen LogP contribution in [0.15, 0.2) is 73.1 Å². The molecule has 0 atom stereocenters. The van der Waals surface area contributed by atoms with E-state index in [1.165, 1.54) is 0 Å². The van der Waals surface area contributed by atoms with E-state index in [0.717, 1.165) is 0 Å². The van der Waals surface area contributed by atoms with Gasteiger partial charge < -0.3 is 15.2 Å². The number of nitrogens with zero attached hydrogens (tertiary/aromatic N) is 1. The van der Waals surface area contributed by atoms with Crippen molar-refractivity contribution in [1.82, 2.24) is 4.98 Å². The summed E-state index contributed by atoms with van der Waals surface area (Å²) in [5.74, 6) is 0.200. The van der Waals surface area contributed by atoms with E-state index in [2.05, 4.69) is 4.98 Å². The Balaban J connectivity index is 1.60. The van der Waals surface area contributed by atoms with Gasteiger partial charge in [-0.3, -0.25) is 9.78 Å². The Kier molecular flexibility index (Phi) is 5.24. The van der Waals surface area contributed by atoms with Gasteiger partial charge >= 0.3 is 5.97 Å². The van der Waals surface area contributed by atoms with Gasteiger partial charge in [-0.2, -0.15) is 0 Å². The minimum absolute atomic E-state index is 0.0495. The number of amides is 1. The molecule has 2 aromatic carbocycles. The first-order chi connectivity index (χ1) is 12.6. The summed E-state index contributed by atoms with van der Waals surface area (Å²) in [6.45, 7) is 0.0495. The molecule has 0 aliphatic rings. The molecule has 130 valence electrons. The van der Waals surface area contributed by atoms with E-state index in [-0.39, 0.29) is 6.61 Å². The highest BCUT2D eigenvalue weighted by Crippen LogP contribution is 2.20. The van der Waals surface area contributed by atoms with Crippen LogP contribution in [0.5, 0.6) is 11.5 Å². The fraction of sp³-hybridized carbons (Fsp3) is 0.0500. The predicted octanol–water partition coefficient (Wildman–Crippen LogP) is 3.33. The van der Waals surface area contributed by atoms with E-state index in [9.17, 15) is 9.59 Å². The van der Waals surface area contributed by atoms with Crippen LogP contribution in [-0.4, -0.2) is 16.9 Å². The zero-order valence-electron chi connectivity index (χ0n) is 13.8. The van der Waals surface area contributed by atoms with Crippen molar-refractivity contribution < 1.29 is 19.1 Å². The number of esters is 1. The van der Waals surface area contributed by atoms with E-state index in [1.807, 2.05) is 0 Å². The third-order valence-electron chi connectivity index (χ3n) is 3.54. The van der Waals surface area contributed by atoms with Gasteiger partial charge in [-0.15, -0.1) is 0 Å². The molecule has 0 bridgehead atoms. The average Bonchev–Trinajstić information content (AvgIpc) is 2.68. The van der Waals surface area contributed by atoms with Crippen LogP contribution in [0.4, 0.5) is 0 Å². The normalized spacial score (nSPS) is 10.2. The van der Waals surface area contributed by atoms with Crippen molar-refractivity contribution in [2.24, 2.45) is 5.73 Å². The molecule has 0 unspecified atom stereocenters. The van der Waals surface area contributed by atoms with Gasteiger partial charge in [0.25, 0.3) is 0 Å². The zero-order valence-corrected chi connectivity index (χ0v) is 13.8. The first kappa shape index (κ1) is 17.2. The summed E-state index contributed by atoms with van der Waals surface area (Å²) in [5.41, 5.74) is 6.69. The molecule has 2 N–H and O–H groups in total. The molecule has 6 heteroatoms. The number of aromatic nitrogens is 1. The molecule has 1 aromatic heterocycles. The molecule has 3 rings (SSSR count). The van der Waals surface area contributed by atoms with Gasteiger partial charge in [0.2, 0.25) is 5.91 Å². The van der Waals surface area contributed by atoms with Gasteiger partial charge in [0, 0.05) is 11.8 Å². The molecular weight excluding hydrogens is 332 g/mol. The Morgan fingerprint density at radius 1 is 0.923 bits per heavy atom. The van der Waals surface area contributed by atoms with Gasteiger partial charge in [0.1, 0.15) is 18.1 Å². The van der Waals surface area contributed by atoms with Crippen LogP contribution in [0.2, 0.25) is 0 Å². The maximum Gasteiger partial charge on any atom is 0.338 e. The summed E-state index contributed by atoms with van der Waals surface area (Å²) in [7, 11) is 0. The fourth-order valence-electron chi connectivity index (χ4n) is 2.25. The van der Waals surface area contributed by atoms with Crippen LogP contribution in [0.25, 0.3) is 0 Å². The van der Waals surface area contributed by atoms with Crippen molar-refractivity contribution in [3.63, 3.8) is 0 Å². The number of carbonyl (C=O) groups is 2.